The molecule has 8 heteroatoms. The predicted molar refractivity (Wildman–Crippen MR) is 115 cm³/mol. The van der Waals surface area contributed by atoms with Gasteiger partial charge in [-0.15, -0.1) is 10.2 Å². The highest BCUT2D eigenvalue weighted by atomic mass is 15.5. The van der Waals surface area contributed by atoms with E-state index in [1.807, 2.05) is 16.8 Å². The fraction of sp³-hybridized carbons (Fsp3) is 0.364. The molecule has 0 unspecified atom stereocenters. The number of nitrogens with zero attached hydrogens (tertiary/aromatic N) is 7. The smallest absolute Gasteiger partial charge is 0.206 e. The Balaban J connectivity index is 1.61. The molecule has 0 aliphatic heterocycles. The number of tetrazole rings is 1. The van der Waals surface area contributed by atoms with Crippen LogP contribution in [0.1, 0.15) is 51.3 Å². The molecule has 3 heterocycles. The number of aromatic amines is 1. The number of aryl methyl sites for hydroxylation is 1. The van der Waals surface area contributed by atoms with E-state index in [1.165, 1.54) is 5.56 Å². The lowest BCUT2D eigenvalue weighted by atomic mass is 9.96. The van der Waals surface area contributed by atoms with Crippen LogP contribution >= 0.6 is 0 Å². The Kier molecular flexibility index (Phi) is 5.39. The lowest BCUT2D eigenvalue weighted by Crippen LogP contribution is -2.14. The number of hydrogen-bond donors (Lipinski definition) is 1. The van der Waals surface area contributed by atoms with E-state index in [-0.39, 0.29) is 5.41 Å². The zero-order valence-electron chi connectivity index (χ0n) is 17.8. The summed E-state index contributed by atoms with van der Waals surface area (Å²) in [5.74, 6) is 2.46. The van der Waals surface area contributed by atoms with Gasteiger partial charge in [0.25, 0.3) is 0 Å². The Morgan fingerprint density at radius 3 is 2.53 bits per heavy atom. The summed E-state index contributed by atoms with van der Waals surface area (Å²) in [6, 6.07) is 12.2. The van der Waals surface area contributed by atoms with E-state index < -0.39 is 0 Å². The molecule has 1 N–H and O–H groups in total. The molecule has 154 valence electrons. The van der Waals surface area contributed by atoms with Crippen molar-refractivity contribution in [3.8, 4) is 22.6 Å². The predicted octanol–water partition coefficient (Wildman–Crippen LogP) is 3.82. The Hall–Kier alpha value is -3.42. The molecule has 4 rings (SSSR count). The van der Waals surface area contributed by atoms with E-state index in [0.717, 1.165) is 41.3 Å². The molecule has 0 saturated carbocycles. The largest absolute Gasteiger partial charge is 0.255 e. The summed E-state index contributed by atoms with van der Waals surface area (Å²) >= 11 is 0. The number of nitrogens with one attached hydrogen (secondary N) is 1. The third kappa shape index (κ3) is 4.12. The molecule has 0 radical (unpaired) electrons. The van der Waals surface area contributed by atoms with Gasteiger partial charge < -0.3 is 0 Å². The number of benzene rings is 1. The Labute approximate surface area is 175 Å². The Morgan fingerprint density at radius 1 is 1.07 bits per heavy atom. The van der Waals surface area contributed by atoms with Gasteiger partial charge in [0.05, 0.1) is 12.2 Å². The van der Waals surface area contributed by atoms with Crippen LogP contribution in [-0.4, -0.2) is 40.4 Å². The van der Waals surface area contributed by atoms with Crippen LogP contribution in [0.25, 0.3) is 22.6 Å². The minimum atomic E-state index is -0.0673. The monoisotopic (exact) mass is 402 g/mol. The van der Waals surface area contributed by atoms with Crippen molar-refractivity contribution in [3.63, 3.8) is 0 Å². The molecule has 0 spiro atoms. The number of pyridine rings is 1. The van der Waals surface area contributed by atoms with Gasteiger partial charge in [0.15, 0.2) is 5.82 Å². The molecular formula is C22H26N8. The highest BCUT2D eigenvalue weighted by Gasteiger charge is 2.21. The molecule has 3 aromatic heterocycles. The average molecular weight is 403 g/mol. The van der Waals surface area contributed by atoms with Crippen LogP contribution in [0, 0.1) is 0 Å². The van der Waals surface area contributed by atoms with Gasteiger partial charge in [-0.25, -0.2) is 9.67 Å². The van der Waals surface area contributed by atoms with Crippen molar-refractivity contribution in [2.45, 2.75) is 52.5 Å². The second kappa shape index (κ2) is 8.14. The molecule has 0 aliphatic rings. The van der Waals surface area contributed by atoms with Crippen LogP contribution in [0.15, 0.2) is 42.6 Å². The van der Waals surface area contributed by atoms with E-state index in [4.69, 9.17) is 10.1 Å². The van der Waals surface area contributed by atoms with Gasteiger partial charge in [-0.2, -0.15) is 10.3 Å². The summed E-state index contributed by atoms with van der Waals surface area (Å²) in [5.41, 5.74) is 3.77. The van der Waals surface area contributed by atoms with E-state index in [9.17, 15) is 0 Å². The molecule has 1 aromatic carbocycles. The van der Waals surface area contributed by atoms with Crippen molar-refractivity contribution < 1.29 is 0 Å². The summed E-state index contributed by atoms with van der Waals surface area (Å²) in [6.45, 7) is 9.29. The SMILES string of the molecule is CCCc1nc(C(C)(C)C)nn1Cc1ccc(-c2ncccc2-c2nn[nH]n2)cc1. The molecule has 0 atom stereocenters. The van der Waals surface area contributed by atoms with E-state index in [2.05, 4.69) is 77.6 Å². The van der Waals surface area contributed by atoms with Crippen LogP contribution in [0.3, 0.4) is 0 Å². The van der Waals surface area contributed by atoms with Crippen LogP contribution in [0.5, 0.6) is 0 Å². The lowest BCUT2D eigenvalue weighted by molar-refractivity contribution is 0.532. The first kappa shape index (κ1) is 19.9. The number of aromatic nitrogens is 8. The third-order valence-electron chi connectivity index (χ3n) is 4.85. The number of rotatable bonds is 6. The first-order valence-electron chi connectivity index (χ1n) is 10.2. The number of H-pyrrole nitrogens is 1. The van der Waals surface area contributed by atoms with Gasteiger partial charge in [0, 0.05) is 29.2 Å². The maximum Gasteiger partial charge on any atom is 0.206 e. The minimum absolute atomic E-state index is 0.0673. The van der Waals surface area contributed by atoms with Crippen molar-refractivity contribution in [3.05, 3.63) is 59.8 Å². The summed E-state index contributed by atoms with van der Waals surface area (Å²) in [7, 11) is 0. The molecule has 0 aliphatic carbocycles. The average Bonchev–Trinajstić information content (AvgIpc) is 3.39. The summed E-state index contributed by atoms with van der Waals surface area (Å²) in [6.07, 6.45) is 3.73. The fourth-order valence-corrected chi connectivity index (χ4v) is 3.26. The van der Waals surface area contributed by atoms with E-state index in [1.54, 1.807) is 6.20 Å². The normalized spacial score (nSPS) is 11.7. The summed E-state index contributed by atoms with van der Waals surface area (Å²) in [5, 5.41) is 19.1. The fourth-order valence-electron chi connectivity index (χ4n) is 3.26. The second-order valence-corrected chi connectivity index (χ2v) is 8.34. The molecule has 30 heavy (non-hydrogen) atoms. The van der Waals surface area contributed by atoms with E-state index >= 15 is 0 Å². The van der Waals surface area contributed by atoms with Crippen LogP contribution in [0.4, 0.5) is 0 Å². The zero-order valence-corrected chi connectivity index (χ0v) is 17.8. The van der Waals surface area contributed by atoms with Crippen molar-refractivity contribution >= 4 is 0 Å². The summed E-state index contributed by atoms with van der Waals surface area (Å²) < 4.78 is 2.03. The molecule has 0 saturated heterocycles. The van der Waals surface area contributed by atoms with Crippen LogP contribution in [-0.2, 0) is 18.4 Å². The molecular weight excluding hydrogens is 376 g/mol. The maximum atomic E-state index is 4.79. The standard InChI is InChI=1S/C22H26N8/c1-5-7-18-24-21(22(2,3)4)27-30(18)14-15-9-11-16(12-10-15)19-17(8-6-13-23-19)20-25-28-29-26-20/h6,8-13H,5,7,14H2,1-4H3,(H,25,26,28,29). The van der Waals surface area contributed by atoms with Crippen LogP contribution in [0.2, 0.25) is 0 Å². The Morgan fingerprint density at radius 2 is 1.87 bits per heavy atom. The molecule has 4 aromatic rings. The summed E-state index contributed by atoms with van der Waals surface area (Å²) in [4.78, 5) is 9.33. The molecule has 8 nitrogen and oxygen atoms in total. The van der Waals surface area contributed by atoms with Gasteiger partial charge in [0.2, 0.25) is 5.82 Å². The zero-order chi connectivity index (χ0) is 21.1. The first-order chi connectivity index (χ1) is 14.5. The Bertz CT molecular complexity index is 1110. The van der Waals surface area contributed by atoms with Crippen molar-refractivity contribution in [2.24, 2.45) is 0 Å². The van der Waals surface area contributed by atoms with Gasteiger partial charge in [-0.3, -0.25) is 4.98 Å². The van der Waals surface area contributed by atoms with Crippen LogP contribution < -0.4 is 0 Å². The minimum Gasteiger partial charge on any atom is -0.255 e. The second-order valence-electron chi connectivity index (χ2n) is 8.34. The van der Waals surface area contributed by atoms with Crippen molar-refractivity contribution in [2.75, 3.05) is 0 Å². The lowest BCUT2D eigenvalue weighted by Gasteiger charge is -2.12. The van der Waals surface area contributed by atoms with Gasteiger partial charge in [-0.05, 0) is 29.3 Å². The van der Waals surface area contributed by atoms with Gasteiger partial charge in [0.1, 0.15) is 5.82 Å². The highest BCUT2D eigenvalue weighted by Crippen LogP contribution is 2.28. The molecule has 0 amide bonds. The highest BCUT2D eigenvalue weighted by molar-refractivity contribution is 5.76. The third-order valence-corrected chi connectivity index (χ3v) is 4.85. The quantitative estimate of drug-likeness (QED) is 0.526. The van der Waals surface area contributed by atoms with Gasteiger partial charge >= 0.3 is 0 Å². The van der Waals surface area contributed by atoms with Crippen molar-refractivity contribution in [1.29, 1.82) is 0 Å². The first-order valence-corrected chi connectivity index (χ1v) is 10.2. The maximum absolute atomic E-state index is 4.79. The van der Waals surface area contributed by atoms with Gasteiger partial charge in [-0.1, -0.05) is 52.0 Å². The van der Waals surface area contributed by atoms with Crippen molar-refractivity contribution in [1.82, 2.24) is 40.4 Å². The molecule has 0 bridgehead atoms. The van der Waals surface area contributed by atoms with E-state index in [0.29, 0.717) is 12.4 Å². The number of hydrogen-bond acceptors (Lipinski definition) is 6. The molecule has 0 fully saturated rings. The topological polar surface area (TPSA) is 98.1 Å².